The van der Waals surface area contributed by atoms with Crippen LogP contribution in [0.25, 0.3) is 0 Å². The predicted octanol–water partition coefficient (Wildman–Crippen LogP) is 3.14. The summed E-state index contributed by atoms with van der Waals surface area (Å²) in [7, 11) is 3.03. The minimum atomic E-state index is -1.13. The van der Waals surface area contributed by atoms with Crippen molar-refractivity contribution < 1.29 is 24.2 Å². The van der Waals surface area contributed by atoms with Crippen molar-refractivity contribution in [3.05, 3.63) is 77.6 Å². The van der Waals surface area contributed by atoms with E-state index in [0.29, 0.717) is 23.0 Å². The van der Waals surface area contributed by atoms with Crippen LogP contribution in [0.1, 0.15) is 22.0 Å². The first-order chi connectivity index (χ1) is 15.0. The maximum atomic E-state index is 13.0. The topological polar surface area (TPSA) is 115 Å². The van der Waals surface area contributed by atoms with Gasteiger partial charge in [0.1, 0.15) is 17.1 Å². The first-order valence-electron chi connectivity index (χ1n) is 9.39. The van der Waals surface area contributed by atoms with Crippen LogP contribution in [0.5, 0.6) is 11.5 Å². The lowest BCUT2D eigenvalue weighted by Gasteiger charge is -2.24. The summed E-state index contributed by atoms with van der Waals surface area (Å²) in [6.45, 7) is 0. The Morgan fingerprint density at radius 1 is 1.10 bits per heavy atom. The van der Waals surface area contributed by atoms with E-state index in [1.165, 1.54) is 20.4 Å². The van der Waals surface area contributed by atoms with Crippen molar-refractivity contribution in [2.75, 3.05) is 24.9 Å². The standard InChI is InChI=1S/C22H20N4O5/c1-30-18-9-8-14(10-19(18)31-2)24-21(27)15-12-23-26-17(13-6-4-3-5-7-13)11-16(22(28)29)25-20(15)26/h3-12,17,25H,1-2H3,(H,24,27)(H,28,29). The summed E-state index contributed by atoms with van der Waals surface area (Å²) in [4.78, 5) is 24.7. The SMILES string of the molecule is COc1ccc(NC(=O)c2cnn3c2NC(C(=O)O)=CC3c2ccccc2)cc1OC. The van der Waals surface area contributed by atoms with E-state index < -0.39 is 17.9 Å². The van der Waals surface area contributed by atoms with Crippen LogP contribution in [0.4, 0.5) is 11.5 Å². The second kappa shape index (κ2) is 8.23. The molecule has 1 aromatic heterocycles. The van der Waals surface area contributed by atoms with Crippen LogP contribution < -0.4 is 20.1 Å². The Labute approximate surface area is 177 Å². The van der Waals surface area contributed by atoms with E-state index >= 15 is 0 Å². The molecule has 0 saturated heterocycles. The number of fused-ring (bicyclic) bond motifs is 1. The molecule has 0 bridgehead atoms. The van der Waals surface area contributed by atoms with Gasteiger partial charge in [-0.05, 0) is 23.8 Å². The summed E-state index contributed by atoms with van der Waals surface area (Å²) < 4.78 is 12.1. The number of methoxy groups -OCH3 is 2. The van der Waals surface area contributed by atoms with E-state index in [0.717, 1.165) is 5.56 Å². The van der Waals surface area contributed by atoms with Gasteiger partial charge in [0.25, 0.3) is 5.91 Å². The molecule has 1 atom stereocenters. The number of nitrogens with one attached hydrogen (secondary N) is 2. The Morgan fingerprint density at radius 3 is 2.52 bits per heavy atom. The molecule has 3 N–H and O–H groups in total. The number of carbonyl (C=O) groups is 2. The molecule has 1 aliphatic heterocycles. The van der Waals surface area contributed by atoms with Crippen molar-refractivity contribution in [1.29, 1.82) is 0 Å². The van der Waals surface area contributed by atoms with E-state index in [1.807, 2.05) is 30.3 Å². The van der Waals surface area contributed by atoms with Crippen LogP contribution in [0.15, 0.2) is 66.5 Å². The Morgan fingerprint density at radius 2 is 1.84 bits per heavy atom. The molecule has 2 aromatic carbocycles. The maximum absolute atomic E-state index is 13.0. The number of aromatic nitrogens is 2. The smallest absolute Gasteiger partial charge is 0.352 e. The zero-order chi connectivity index (χ0) is 22.0. The summed E-state index contributed by atoms with van der Waals surface area (Å²) in [5, 5.41) is 19.5. The fraction of sp³-hybridized carbons (Fsp3) is 0.136. The van der Waals surface area contributed by atoms with E-state index in [4.69, 9.17) is 9.47 Å². The van der Waals surface area contributed by atoms with Crippen LogP contribution in [0.2, 0.25) is 0 Å². The van der Waals surface area contributed by atoms with Crippen molar-refractivity contribution in [3.63, 3.8) is 0 Å². The number of hydrogen-bond donors (Lipinski definition) is 3. The molecule has 1 amide bonds. The average molecular weight is 420 g/mol. The van der Waals surface area contributed by atoms with Gasteiger partial charge in [-0.2, -0.15) is 5.10 Å². The van der Waals surface area contributed by atoms with Gasteiger partial charge < -0.3 is 25.2 Å². The fourth-order valence-electron chi connectivity index (χ4n) is 3.39. The highest BCUT2D eigenvalue weighted by atomic mass is 16.5. The molecule has 0 aliphatic carbocycles. The number of carbonyl (C=O) groups excluding carboxylic acids is 1. The van der Waals surface area contributed by atoms with Crippen molar-refractivity contribution in [2.45, 2.75) is 6.04 Å². The fourth-order valence-corrected chi connectivity index (χ4v) is 3.39. The van der Waals surface area contributed by atoms with Gasteiger partial charge in [-0.25, -0.2) is 9.48 Å². The van der Waals surface area contributed by atoms with E-state index in [9.17, 15) is 14.7 Å². The minimum absolute atomic E-state index is 0.0259. The third-order valence-electron chi connectivity index (χ3n) is 4.89. The second-order valence-corrected chi connectivity index (χ2v) is 6.74. The van der Waals surface area contributed by atoms with Gasteiger partial charge in [0.15, 0.2) is 11.5 Å². The average Bonchev–Trinajstić information content (AvgIpc) is 3.23. The lowest BCUT2D eigenvalue weighted by Crippen LogP contribution is -2.25. The number of amides is 1. The van der Waals surface area contributed by atoms with E-state index in [2.05, 4.69) is 15.7 Å². The number of benzene rings is 2. The molecular weight excluding hydrogens is 400 g/mol. The summed E-state index contributed by atoms with van der Waals surface area (Å²) in [5.74, 6) is -0.270. The Balaban J connectivity index is 1.67. The maximum Gasteiger partial charge on any atom is 0.352 e. The number of aliphatic carboxylic acids is 1. The van der Waals surface area contributed by atoms with Crippen molar-refractivity contribution >= 4 is 23.4 Å². The zero-order valence-corrected chi connectivity index (χ0v) is 16.8. The molecule has 3 aromatic rings. The summed E-state index contributed by atoms with van der Waals surface area (Å²) >= 11 is 0. The summed E-state index contributed by atoms with van der Waals surface area (Å²) in [6, 6.07) is 13.9. The lowest BCUT2D eigenvalue weighted by molar-refractivity contribution is -0.132. The number of nitrogens with zero attached hydrogens (tertiary/aromatic N) is 2. The Kier molecular flexibility index (Phi) is 5.31. The molecule has 4 rings (SSSR count). The first kappa shape index (κ1) is 20.0. The van der Waals surface area contributed by atoms with Crippen molar-refractivity contribution in [2.24, 2.45) is 0 Å². The summed E-state index contributed by atoms with van der Waals surface area (Å²) in [5.41, 5.74) is 1.52. The molecule has 0 fully saturated rings. The molecule has 9 heteroatoms. The van der Waals surface area contributed by atoms with Gasteiger partial charge in [0, 0.05) is 11.8 Å². The van der Waals surface area contributed by atoms with Crippen molar-refractivity contribution in [1.82, 2.24) is 9.78 Å². The molecule has 0 spiro atoms. The molecule has 31 heavy (non-hydrogen) atoms. The number of anilines is 2. The molecule has 9 nitrogen and oxygen atoms in total. The highest BCUT2D eigenvalue weighted by molar-refractivity contribution is 6.08. The van der Waals surface area contributed by atoms with Crippen molar-refractivity contribution in [3.8, 4) is 11.5 Å². The van der Waals surface area contributed by atoms with Crippen LogP contribution in [0, 0.1) is 0 Å². The van der Waals surface area contributed by atoms with E-state index in [1.54, 1.807) is 29.0 Å². The third kappa shape index (κ3) is 3.80. The largest absolute Gasteiger partial charge is 0.493 e. The minimum Gasteiger partial charge on any atom is -0.493 e. The van der Waals surface area contributed by atoms with Gasteiger partial charge in [-0.3, -0.25) is 4.79 Å². The molecule has 0 radical (unpaired) electrons. The molecule has 1 unspecified atom stereocenters. The number of carboxylic acid groups (broad SMARTS) is 1. The van der Waals surface area contributed by atoms with Gasteiger partial charge in [-0.1, -0.05) is 30.3 Å². The Hall–Kier alpha value is -4.27. The van der Waals surface area contributed by atoms with Gasteiger partial charge in [0.2, 0.25) is 0 Å². The molecule has 2 heterocycles. The van der Waals surface area contributed by atoms with Gasteiger partial charge in [-0.15, -0.1) is 0 Å². The number of allylic oxidation sites excluding steroid dienone is 1. The normalized spacial score (nSPS) is 14.6. The number of hydrogen-bond acceptors (Lipinski definition) is 6. The Bertz CT molecular complexity index is 1170. The van der Waals surface area contributed by atoms with Crippen LogP contribution >= 0.6 is 0 Å². The molecule has 158 valence electrons. The number of rotatable bonds is 6. The first-order valence-corrected chi connectivity index (χ1v) is 9.39. The molecule has 0 saturated carbocycles. The molecule has 1 aliphatic rings. The van der Waals surface area contributed by atoms with Gasteiger partial charge >= 0.3 is 5.97 Å². The quantitative estimate of drug-likeness (QED) is 0.561. The molecular formula is C22H20N4O5. The summed E-state index contributed by atoms with van der Waals surface area (Å²) in [6.07, 6.45) is 2.97. The monoisotopic (exact) mass is 420 g/mol. The number of carboxylic acids is 1. The highest BCUT2D eigenvalue weighted by Gasteiger charge is 2.29. The van der Waals surface area contributed by atoms with Crippen LogP contribution in [0.3, 0.4) is 0 Å². The zero-order valence-electron chi connectivity index (χ0n) is 16.8. The lowest BCUT2D eigenvalue weighted by atomic mass is 10.0. The third-order valence-corrected chi connectivity index (χ3v) is 4.89. The second-order valence-electron chi connectivity index (χ2n) is 6.74. The van der Waals surface area contributed by atoms with Crippen LogP contribution in [-0.2, 0) is 4.79 Å². The number of ether oxygens (including phenoxy) is 2. The van der Waals surface area contributed by atoms with E-state index in [-0.39, 0.29) is 11.3 Å². The van der Waals surface area contributed by atoms with Crippen LogP contribution in [-0.4, -0.2) is 41.0 Å². The highest BCUT2D eigenvalue weighted by Crippen LogP contribution is 2.33. The van der Waals surface area contributed by atoms with Gasteiger partial charge in [0.05, 0.1) is 26.5 Å². The predicted molar refractivity (Wildman–Crippen MR) is 114 cm³/mol.